The van der Waals surface area contributed by atoms with Crippen LogP contribution in [0, 0.1) is 6.92 Å². The fraction of sp³-hybridized carbons (Fsp3) is 0.312. The molecule has 20 heavy (non-hydrogen) atoms. The summed E-state index contributed by atoms with van der Waals surface area (Å²) in [6.07, 6.45) is 1.79. The van der Waals surface area contributed by atoms with Crippen LogP contribution in [0.5, 0.6) is 11.5 Å². The maximum absolute atomic E-state index is 5.71. The highest BCUT2D eigenvalue weighted by atomic mass is 16.5. The third kappa shape index (κ3) is 2.41. The maximum Gasteiger partial charge on any atom is 0.146 e. The quantitative estimate of drug-likeness (QED) is 0.859. The molecule has 0 amide bonds. The second-order valence-corrected chi connectivity index (χ2v) is 4.86. The average molecular weight is 270 g/mol. The number of pyridine rings is 1. The summed E-state index contributed by atoms with van der Waals surface area (Å²) in [5.41, 5.74) is 3.33. The van der Waals surface area contributed by atoms with E-state index < -0.39 is 0 Å². The zero-order valence-corrected chi connectivity index (χ0v) is 11.8. The van der Waals surface area contributed by atoms with Crippen LogP contribution in [0.2, 0.25) is 0 Å². The van der Waals surface area contributed by atoms with Gasteiger partial charge in [0.2, 0.25) is 0 Å². The van der Waals surface area contributed by atoms with Gasteiger partial charge < -0.3 is 14.4 Å². The Morgan fingerprint density at radius 3 is 3.10 bits per heavy atom. The van der Waals surface area contributed by atoms with Gasteiger partial charge in [-0.3, -0.25) is 4.98 Å². The summed E-state index contributed by atoms with van der Waals surface area (Å²) < 4.78 is 11.0. The van der Waals surface area contributed by atoms with Crippen molar-refractivity contribution in [3.63, 3.8) is 0 Å². The van der Waals surface area contributed by atoms with Crippen molar-refractivity contribution in [2.75, 3.05) is 25.2 Å². The summed E-state index contributed by atoms with van der Waals surface area (Å²) in [4.78, 5) is 6.69. The van der Waals surface area contributed by atoms with Crippen LogP contribution < -0.4 is 14.4 Å². The van der Waals surface area contributed by atoms with Gasteiger partial charge in [-0.25, -0.2) is 0 Å². The van der Waals surface area contributed by atoms with Crippen LogP contribution >= 0.6 is 0 Å². The van der Waals surface area contributed by atoms with E-state index in [1.54, 1.807) is 13.3 Å². The number of aryl methyl sites for hydroxylation is 1. The molecule has 0 N–H and O–H groups in total. The first kappa shape index (κ1) is 12.8. The Bertz CT molecular complexity index is 613. The molecule has 4 nitrogen and oxygen atoms in total. The molecule has 4 heteroatoms. The first-order valence-electron chi connectivity index (χ1n) is 6.74. The molecule has 0 saturated heterocycles. The van der Waals surface area contributed by atoms with Crippen LogP contribution in [-0.4, -0.2) is 25.2 Å². The molecule has 0 saturated carbocycles. The zero-order valence-electron chi connectivity index (χ0n) is 11.8. The second-order valence-electron chi connectivity index (χ2n) is 4.86. The average Bonchev–Trinajstić information content (AvgIpc) is 2.48. The van der Waals surface area contributed by atoms with Gasteiger partial charge in [-0.05, 0) is 24.6 Å². The van der Waals surface area contributed by atoms with Crippen LogP contribution in [0.3, 0.4) is 0 Å². The van der Waals surface area contributed by atoms with Crippen LogP contribution in [0.1, 0.15) is 11.3 Å². The van der Waals surface area contributed by atoms with Crippen LogP contribution in [-0.2, 0) is 6.54 Å². The topological polar surface area (TPSA) is 34.6 Å². The zero-order chi connectivity index (χ0) is 13.9. The SMILES string of the molecule is COc1cccc(CN2CCOc3ccnc(C)c32)c1. The molecule has 0 bridgehead atoms. The smallest absolute Gasteiger partial charge is 0.146 e. The van der Waals surface area contributed by atoms with E-state index in [0.29, 0.717) is 6.61 Å². The van der Waals surface area contributed by atoms with Crippen molar-refractivity contribution in [1.82, 2.24) is 4.98 Å². The minimum absolute atomic E-state index is 0.709. The Labute approximate surface area is 119 Å². The van der Waals surface area contributed by atoms with E-state index in [1.165, 1.54) is 5.56 Å². The van der Waals surface area contributed by atoms with E-state index in [1.807, 2.05) is 25.1 Å². The third-order valence-electron chi connectivity index (χ3n) is 3.51. The number of benzene rings is 1. The van der Waals surface area contributed by atoms with Crippen molar-refractivity contribution >= 4 is 5.69 Å². The van der Waals surface area contributed by atoms with Crippen molar-refractivity contribution in [2.24, 2.45) is 0 Å². The largest absolute Gasteiger partial charge is 0.497 e. The summed E-state index contributed by atoms with van der Waals surface area (Å²) >= 11 is 0. The molecule has 1 aliphatic heterocycles. The second kappa shape index (κ2) is 5.41. The van der Waals surface area contributed by atoms with Crippen molar-refractivity contribution in [3.05, 3.63) is 47.8 Å². The third-order valence-corrected chi connectivity index (χ3v) is 3.51. The number of nitrogens with zero attached hydrogens (tertiary/aromatic N) is 2. The molecule has 0 atom stereocenters. The highest BCUT2D eigenvalue weighted by Gasteiger charge is 2.20. The number of rotatable bonds is 3. The molecule has 0 fully saturated rings. The summed E-state index contributed by atoms with van der Waals surface area (Å²) in [5, 5.41) is 0. The van der Waals surface area contributed by atoms with Crippen molar-refractivity contribution in [1.29, 1.82) is 0 Å². The number of fused-ring (bicyclic) bond motifs is 1. The molecule has 0 spiro atoms. The summed E-state index contributed by atoms with van der Waals surface area (Å²) in [6.45, 7) is 4.43. The molecule has 1 aliphatic rings. The number of ether oxygens (including phenoxy) is 2. The lowest BCUT2D eigenvalue weighted by atomic mass is 10.1. The summed E-state index contributed by atoms with van der Waals surface area (Å²) in [7, 11) is 1.69. The van der Waals surface area contributed by atoms with Gasteiger partial charge in [-0.2, -0.15) is 0 Å². The first-order valence-corrected chi connectivity index (χ1v) is 6.74. The molecule has 1 aromatic heterocycles. The summed E-state index contributed by atoms with van der Waals surface area (Å²) in [6, 6.07) is 10.1. The highest BCUT2D eigenvalue weighted by Crippen LogP contribution is 2.34. The van der Waals surface area contributed by atoms with E-state index in [4.69, 9.17) is 9.47 Å². The lowest BCUT2D eigenvalue weighted by Gasteiger charge is -2.32. The Hall–Kier alpha value is -2.23. The van der Waals surface area contributed by atoms with Gasteiger partial charge in [0.1, 0.15) is 23.8 Å². The first-order chi connectivity index (χ1) is 9.78. The predicted octanol–water partition coefficient (Wildman–Crippen LogP) is 2.80. The molecular weight excluding hydrogens is 252 g/mol. The molecule has 0 aliphatic carbocycles. The molecule has 3 rings (SSSR count). The molecule has 0 unspecified atom stereocenters. The van der Waals surface area contributed by atoms with E-state index in [-0.39, 0.29) is 0 Å². The van der Waals surface area contributed by atoms with E-state index >= 15 is 0 Å². The van der Waals surface area contributed by atoms with Crippen molar-refractivity contribution in [2.45, 2.75) is 13.5 Å². The maximum atomic E-state index is 5.71. The lowest BCUT2D eigenvalue weighted by Crippen LogP contribution is -2.33. The minimum Gasteiger partial charge on any atom is -0.497 e. The van der Waals surface area contributed by atoms with Crippen molar-refractivity contribution < 1.29 is 9.47 Å². The van der Waals surface area contributed by atoms with Crippen LogP contribution in [0.4, 0.5) is 5.69 Å². The van der Waals surface area contributed by atoms with E-state index in [2.05, 4.69) is 22.0 Å². The number of aromatic nitrogens is 1. The van der Waals surface area contributed by atoms with Gasteiger partial charge >= 0.3 is 0 Å². The van der Waals surface area contributed by atoms with Gasteiger partial charge in [0.05, 0.1) is 19.3 Å². The Morgan fingerprint density at radius 1 is 1.35 bits per heavy atom. The number of hydrogen-bond donors (Lipinski definition) is 0. The van der Waals surface area contributed by atoms with E-state index in [0.717, 1.165) is 36.0 Å². The highest BCUT2D eigenvalue weighted by molar-refractivity contribution is 5.62. The van der Waals surface area contributed by atoms with Crippen LogP contribution in [0.25, 0.3) is 0 Å². The van der Waals surface area contributed by atoms with Gasteiger partial charge in [0.25, 0.3) is 0 Å². The van der Waals surface area contributed by atoms with Gasteiger partial charge in [0, 0.05) is 18.8 Å². The predicted molar refractivity (Wildman–Crippen MR) is 78.5 cm³/mol. The lowest BCUT2D eigenvalue weighted by molar-refractivity contribution is 0.306. The fourth-order valence-electron chi connectivity index (χ4n) is 2.56. The molecule has 0 radical (unpaired) electrons. The molecule has 2 aromatic rings. The molecule has 1 aromatic carbocycles. The van der Waals surface area contributed by atoms with Gasteiger partial charge in [0.15, 0.2) is 0 Å². The monoisotopic (exact) mass is 270 g/mol. The minimum atomic E-state index is 0.709. The standard InChI is InChI=1S/C16H18N2O2/c1-12-16-15(6-7-17-12)20-9-8-18(16)11-13-4-3-5-14(10-13)19-2/h3-7,10H,8-9,11H2,1-2H3. The number of anilines is 1. The van der Waals surface area contributed by atoms with Crippen molar-refractivity contribution in [3.8, 4) is 11.5 Å². The van der Waals surface area contributed by atoms with Crippen LogP contribution in [0.15, 0.2) is 36.5 Å². The Kier molecular flexibility index (Phi) is 3.46. The normalized spacial score (nSPS) is 13.6. The summed E-state index contributed by atoms with van der Waals surface area (Å²) in [5.74, 6) is 1.81. The molecule has 2 heterocycles. The van der Waals surface area contributed by atoms with E-state index in [9.17, 15) is 0 Å². The molecule has 104 valence electrons. The Morgan fingerprint density at radius 2 is 2.25 bits per heavy atom. The molecular formula is C16H18N2O2. The van der Waals surface area contributed by atoms with Gasteiger partial charge in [-0.1, -0.05) is 12.1 Å². The fourth-order valence-corrected chi connectivity index (χ4v) is 2.56. The number of hydrogen-bond acceptors (Lipinski definition) is 4. The van der Waals surface area contributed by atoms with Gasteiger partial charge in [-0.15, -0.1) is 0 Å². The Balaban J connectivity index is 1.89. The number of methoxy groups -OCH3 is 1.